The van der Waals surface area contributed by atoms with Crippen molar-refractivity contribution in [3.63, 3.8) is 0 Å². The predicted molar refractivity (Wildman–Crippen MR) is 114 cm³/mol. The van der Waals surface area contributed by atoms with Crippen LogP contribution in [-0.4, -0.2) is 66.9 Å². The van der Waals surface area contributed by atoms with E-state index in [9.17, 15) is 0 Å². The van der Waals surface area contributed by atoms with Crippen LogP contribution in [0.1, 0.15) is 44.0 Å². The molecule has 3 rings (SSSR count). The third-order valence-corrected chi connectivity index (χ3v) is 5.68. The molecule has 0 aliphatic carbocycles. The largest absolute Gasteiger partial charge is 0.493 e. The first-order chi connectivity index (χ1) is 14.0. The van der Waals surface area contributed by atoms with Crippen molar-refractivity contribution in [3.05, 3.63) is 35.9 Å². The Labute approximate surface area is 172 Å². The van der Waals surface area contributed by atoms with Crippen LogP contribution in [-0.2, 0) is 5.41 Å². The van der Waals surface area contributed by atoms with Gasteiger partial charge in [0, 0.05) is 38.0 Å². The molecule has 2 aromatic rings. The minimum absolute atomic E-state index is 0.104. The number of nitrogens with one attached hydrogen (secondary N) is 2. The summed E-state index contributed by atoms with van der Waals surface area (Å²) in [5.41, 5.74) is 1.08. The quantitative estimate of drug-likeness (QED) is 0.572. The number of benzene rings is 1. The maximum atomic E-state index is 5.47. The van der Waals surface area contributed by atoms with Crippen LogP contribution in [0.4, 0.5) is 0 Å². The molecule has 0 amide bonds. The molecule has 1 aromatic heterocycles. The maximum absolute atomic E-state index is 5.47. The molecule has 158 valence electrons. The summed E-state index contributed by atoms with van der Waals surface area (Å²) in [6, 6.07) is 6.10. The molecular formula is C21H32N6O2. The summed E-state index contributed by atoms with van der Waals surface area (Å²) in [5, 5.41) is 10.5. The van der Waals surface area contributed by atoms with Gasteiger partial charge in [-0.15, -0.1) is 0 Å². The number of aromatic amines is 1. The van der Waals surface area contributed by atoms with E-state index in [0.29, 0.717) is 5.92 Å². The lowest BCUT2D eigenvalue weighted by atomic mass is 9.84. The lowest BCUT2D eigenvalue weighted by Gasteiger charge is -2.35. The zero-order chi connectivity index (χ0) is 20.9. The number of likely N-dealkylation sites (tertiary alicyclic amines) is 1. The van der Waals surface area contributed by atoms with Crippen LogP contribution in [0.2, 0.25) is 0 Å². The molecule has 0 unspecified atom stereocenters. The molecular weight excluding hydrogens is 368 g/mol. The Hall–Kier alpha value is -2.77. The third-order valence-electron chi connectivity index (χ3n) is 5.68. The molecule has 1 fully saturated rings. The van der Waals surface area contributed by atoms with Crippen LogP contribution < -0.4 is 14.8 Å². The highest BCUT2D eigenvalue weighted by Gasteiger charge is 2.27. The van der Waals surface area contributed by atoms with Gasteiger partial charge >= 0.3 is 0 Å². The van der Waals surface area contributed by atoms with Crippen LogP contribution in [0.3, 0.4) is 0 Å². The monoisotopic (exact) mass is 400 g/mol. The number of aliphatic imine (C=N–C) groups is 1. The van der Waals surface area contributed by atoms with E-state index in [1.54, 1.807) is 20.5 Å². The highest BCUT2D eigenvalue weighted by molar-refractivity contribution is 5.80. The first-order valence-electron chi connectivity index (χ1n) is 10.0. The summed E-state index contributed by atoms with van der Waals surface area (Å²) in [6.45, 7) is 7.08. The van der Waals surface area contributed by atoms with Crippen LogP contribution in [0.5, 0.6) is 11.5 Å². The molecule has 2 N–H and O–H groups in total. The average molecular weight is 401 g/mol. The van der Waals surface area contributed by atoms with Gasteiger partial charge in [0.1, 0.15) is 12.2 Å². The Morgan fingerprint density at radius 3 is 2.55 bits per heavy atom. The van der Waals surface area contributed by atoms with Gasteiger partial charge in [0.25, 0.3) is 0 Å². The smallest absolute Gasteiger partial charge is 0.193 e. The number of methoxy groups -OCH3 is 2. The van der Waals surface area contributed by atoms with Crippen molar-refractivity contribution in [1.29, 1.82) is 0 Å². The van der Waals surface area contributed by atoms with E-state index in [1.807, 2.05) is 19.2 Å². The van der Waals surface area contributed by atoms with Crippen molar-refractivity contribution in [2.75, 3.05) is 40.9 Å². The van der Waals surface area contributed by atoms with Gasteiger partial charge in [-0.1, -0.05) is 19.9 Å². The van der Waals surface area contributed by atoms with Crippen molar-refractivity contribution in [2.24, 2.45) is 4.99 Å². The zero-order valence-corrected chi connectivity index (χ0v) is 18.0. The van der Waals surface area contributed by atoms with E-state index < -0.39 is 0 Å². The van der Waals surface area contributed by atoms with Crippen LogP contribution in [0.25, 0.3) is 0 Å². The number of aromatic nitrogens is 3. The Morgan fingerprint density at radius 1 is 1.24 bits per heavy atom. The van der Waals surface area contributed by atoms with Gasteiger partial charge in [0.05, 0.1) is 14.2 Å². The second-order valence-corrected chi connectivity index (χ2v) is 7.99. The van der Waals surface area contributed by atoms with E-state index in [1.165, 1.54) is 5.56 Å². The molecule has 8 heteroatoms. The Morgan fingerprint density at radius 2 is 1.97 bits per heavy atom. The standard InChI is InChI=1S/C21H32N6O2/c1-21(2,16-6-7-17(28-4)18(12-16)29-5)13-23-20(22-3)27-10-8-15(9-11-27)19-24-14-25-26-19/h6-7,12,14-15H,8-11,13H2,1-5H3,(H,22,23)(H,24,25,26). The molecule has 0 atom stereocenters. The fourth-order valence-electron chi connectivity index (χ4n) is 3.77. The third kappa shape index (κ3) is 4.81. The molecule has 1 aromatic carbocycles. The second kappa shape index (κ2) is 9.15. The number of H-pyrrole nitrogens is 1. The van der Waals surface area contributed by atoms with Crippen molar-refractivity contribution in [1.82, 2.24) is 25.4 Å². The number of ether oxygens (including phenoxy) is 2. The first-order valence-corrected chi connectivity index (χ1v) is 10.0. The van der Waals surface area contributed by atoms with E-state index in [0.717, 1.165) is 55.8 Å². The highest BCUT2D eigenvalue weighted by Crippen LogP contribution is 2.33. The van der Waals surface area contributed by atoms with Crippen molar-refractivity contribution in [2.45, 2.75) is 38.0 Å². The van der Waals surface area contributed by atoms with Gasteiger partial charge < -0.3 is 19.7 Å². The molecule has 0 spiro atoms. The summed E-state index contributed by atoms with van der Waals surface area (Å²) in [4.78, 5) is 11.1. The SMILES string of the molecule is CN=C(NCC(C)(C)c1ccc(OC)c(OC)c1)N1CCC(c2ncn[nH]2)CC1. The number of hydrogen-bond acceptors (Lipinski definition) is 5. The normalized spacial score (nSPS) is 16.0. The van der Waals surface area contributed by atoms with Gasteiger partial charge in [-0.05, 0) is 30.5 Å². The van der Waals surface area contributed by atoms with E-state index in [4.69, 9.17) is 9.47 Å². The van der Waals surface area contributed by atoms with E-state index in [2.05, 4.69) is 50.3 Å². The molecule has 1 aliphatic heterocycles. The predicted octanol–water partition coefficient (Wildman–Crippen LogP) is 2.55. The highest BCUT2D eigenvalue weighted by atomic mass is 16.5. The molecule has 0 bridgehead atoms. The van der Waals surface area contributed by atoms with Crippen LogP contribution >= 0.6 is 0 Å². The summed E-state index contributed by atoms with van der Waals surface area (Å²) in [5.74, 6) is 3.86. The number of guanidine groups is 1. The van der Waals surface area contributed by atoms with Gasteiger partial charge in [-0.3, -0.25) is 10.1 Å². The van der Waals surface area contributed by atoms with Gasteiger partial charge in [-0.2, -0.15) is 5.10 Å². The Balaban J connectivity index is 1.60. The average Bonchev–Trinajstić information content (AvgIpc) is 3.29. The Kier molecular flexibility index (Phi) is 6.61. The summed E-state index contributed by atoms with van der Waals surface area (Å²) in [6.07, 6.45) is 3.66. The van der Waals surface area contributed by atoms with E-state index >= 15 is 0 Å². The summed E-state index contributed by atoms with van der Waals surface area (Å²) >= 11 is 0. The van der Waals surface area contributed by atoms with Crippen LogP contribution in [0, 0.1) is 0 Å². The van der Waals surface area contributed by atoms with Gasteiger partial charge in [0.2, 0.25) is 0 Å². The van der Waals surface area contributed by atoms with Crippen molar-refractivity contribution >= 4 is 5.96 Å². The minimum Gasteiger partial charge on any atom is -0.493 e. The Bertz CT molecular complexity index is 811. The molecule has 1 saturated heterocycles. The molecule has 8 nitrogen and oxygen atoms in total. The number of rotatable bonds is 6. The van der Waals surface area contributed by atoms with Crippen LogP contribution in [0.15, 0.2) is 29.5 Å². The van der Waals surface area contributed by atoms with Crippen molar-refractivity contribution < 1.29 is 9.47 Å². The zero-order valence-electron chi connectivity index (χ0n) is 18.0. The number of piperidine rings is 1. The first kappa shape index (κ1) is 21.0. The maximum Gasteiger partial charge on any atom is 0.193 e. The summed E-state index contributed by atoms with van der Waals surface area (Å²) < 4.78 is 10.8. The molecule has 1 aliphatic rings. The molecule has 29 heavy (non-hydrogen) atoms. The lowest BCUT2D eigenvalue weighted by molar-refractivity contribution is 0.296. The lowest BCUT2D eigenvalue weighted by Crippen LogP contribution is -2.48. The molecule has 0 saturated carbocycles. The molecule has 2 heterocycles. The fourth-order valence-corrected chi connectivity index (χ4v) is 3.77. The second-order valence-electron chi connectivity index (χ2n) is 7.99. The number of nitrogens with zero attached hydrogens (tertiary/aromatic N) is 4. The van der Waals surface area contributed by atoms with Gasteiger partial charge in [0.15, 0.2) is 17.5 Å². The molecule has 0 radical (unpaired) electrons. The topological polar surface area (TPSA) is 87.7 Å². The van der Waals surface area contributed by atoms with E-state index in [-0.39, 0.29) is 5.41 Å². The fraction of sp³-hybridized carbons (Fsp3) is 0.571. The minimum atomic E-state index is -0.104. The van der Waals surface area contributed by atoms with Crippen molar-refractivity contribution in [3.8, 4) is 11.5 Å². The van der Waals surface area contributed by atoms with Gasteiger partial charge in [-0.25, -0.2) is 4.98 Å². The summed E-state index contributed by atoms with van der Waals surface area (Å²) in [7, 11) is 5.16. The number of hydrogen-bond donors (Lipinski definition) is 2.